The van der Waals surface area contributed by atoms with Gasteiger partial charge in [-0.05, 0) is 48.0 Å². The molecule has 0 aliphatic rings. The van der Waals surface area contributed by atoms with E-state index in [1.54, 1.807) is 19.4 Å². The molecule has 0 fully saturated rings. The Hall–Kier alpha value is -3.01. The van der Waals surface area contributed by atoms with E-state index in [9.17, 15) is 4.39 Å². The minimum absolute atomic E-state index is 0.00542. The van der Waals surface area contributed by atoms with Gasteiger partial charge in [0.2, 0.25) is 5.88 Å². The number of hydrogen-bond donors (Lipinski definition) is 1. The summed E-state index contributed by atoms with van der Waals surface area (Å²) in [5, 5.41) is 9.74. The van der Waals surface area contributed by atoms with Crippen LogP contribution in [-0.2, 0) is 11.0 Å². The maximum absolute atomic E-state index is 14.4. The Kier molecular flexibility index (Phi) is 6.85. The number of aliphatic hydroxyl groups is 1. The SMILES string of the molecule is COc1cnc2c(-c3cc4cc(OCCO)c(F)cc4o3)cc(CO[Si](C)(C)C(C)(C)C)cc2n1. The van der Waals surface area contributed by atoms with Crippen LogP contribution in [0.15, 0.2) is 40.9 Å². The molecule has 9 heteroatoms. The summed E-state index contributed by atoms with van der Waals surface area (Å²) in [6.45, 7) is 11.3. The molecule has 7 nitrogen and oxygen atoms in total. The molecule has 4 aromatic rings. The lowest BCUT2D eigenvalue weighted by Gasteiger charge is -2.36. The molecule has 2 aromatic heterocycles. The van der Waals surface area contributed by atoms with Crippen LogP contribution in [0.5, 0.6) is 11.6 Å². The lowest BCUT2D eigenvalue weighted by atomic mass is 10.1. The largest absolute Gasteiger partial charge is 0.488 e. The molecule has 4 rings (SSSR count). The fourth-order valence-electron chi connectivity index (χ4n) is 3.46. The summed E-state index contributed by atoms with van der Waals surface area (Å²) in [6, 6.07) is 8.60. The quantitative estimate of drug-likeness (QED) is 0.294. The first-order chi connectivity index (χ1) is 16.5. The third kappa shape index (κ3) is 5.17. The highest BCUT2D eigenvalue weighted by Crippen LogP contribution is 2.39. The molecule has 0 radical (unpaired) electrons. The van der Waals surface area contributed by atoms with Crippen LogP contribution in [0.2, 0.25) is 18.1 Å². The van der Waals surface area contributed by atoms with Crippen LogP contribution in [0.3, 0.4) is 0 Å². The molecule has 35 heavy (non-hydrogen) atoms. The number of hydrogen-bond acceptors (Lipinski definition) is 7. The average Bonchev–Trinajstić information content (AvgIpc) is 3.22. The molecule has 0 spiro atoms. The van der Waals surface area contributed by atoms with Crippen molar-refractivity contribution in [2.24, 2.45) is 0 Å². The molecule has 0 aliphatic heterocycles. The van der Waals surface area contributed by atoms with Gasteiger partial charge in [-0.2, -0.15) is 0 Å². The third-order valence-electron chi connectivity index (χ3n) is 6.48. The minimum Gasteiger partial charge on any atom is -0.488 e. The topological polar surface area (TPSA) is 86.8 Å². The van der Waals surface area contributed by atoms with E-state index in [4.69, 9.17) is 23.4 Å². The van der Waals surface area contributed by atoms with E-state index < -0.39 is 14.1 Å². The Morgan fingerprint density at radius 3 is 2.57 bits per heavy atom. The predicted octanol–water partition coefficient (Wildman–Crippen LogP) is 6.08. The van der Waals surface area contributed by atoms with Gasteiger partial charge in [0.05, 0.1) is 37.6 Å². The van der Waals surface area contributed by atoms with Crippen LogP contribution in [0, 0.1) is 5.82 Å². The van der Waals surface area contributed by atoms with Gasteiger partial charge in [-0.25, -0.2) is 14.4 Å². The molecule has 0 bridgehead atoms. The molecule has 0 amide bonds. The van der Waals surface area contributed by atoms with Crippen molar-refractivity contribution < 1.29 is 27.8 Å². The van der Waals surface area contributed by atoms with Gasteiger partial charge in [0.25, 0.3) is 0 Å². The van der Waals surface area contributed by atoms with E-state index in [1.165, 1.54) is 6.07 Å². The monoisotopic (exact) mass is 498 g/mol. The van der Waals surface area contributed by atoms with Crippen LogP contribution >= 0.6 is 0 Å². The first kappa shape index (κ1) is 25.1. The summed E-state index contributed by atoms with van der Waals surface area (Å²) in [6.07, 6.45) is 1.56. The highest BCUT2D eigenvalue weighted by Gasteiger charge is 2.37. The van der Waals surface area contributed by atoms with E-state index >= 15 is 0 Å². The van der Waals surface area contributed by atoms with Crippen molar-refractivity contribution in [2.75, 3.05) is 20.3 Å². The smallest absolute Gasteiger partial charge is 0.232 e. The van der Waals surface area contributed by atoms with E-state index in [2.05, 4.69) is 43.8 Å². The summed E-state index contributed by atoms with van der Waals surface area (Å²) in [5.41, 5.74) is 3.32. The second-order valence-electron chi connectivity index (χ2n) is 9.98. The van der Waals surface area contributed by atoms with Gasteiger partial charge in [-0.1, -0.05) is 20.8 Å². The summed E-state index contributed by atoms with van der Waals surface area (Å²) in [7, 11) is -0.430. The maximum atomic E-state index is 14.4. The number of fused-ring (bicyclic) bond motifs is 2. The molecule has 0 saturated heterocycles. The summed E-state index contributed by atoms with van der Waals surface area (Å²) in [5.74, 6) is 0.434. The zero-order valence-corrected chi connectivity index (χ0v) is 21.9. The molecule has 0 atom stereocenters. The number of aromatic nitrogens is 2. The second-order valence-corrected chi connectivity index (χ2v) is 14.8. The van der Waals surface area contributed by atoms with Crippen LogP contribution in [-0.4, -0.2) is 43.7 Å². The highest BCUT2D eigenvalue weighted by molar-refractivity contribution is 6.74. The lowest BCUT2D eigenvalue weighted by molar-refractivity contribution is 0.196. The van der Waals surface area contributed by atoms with Crippen molar-refractivity contribution in [3.05, 3.63) is 47.9 Å². The summed E-state index contributed by atoms with van der Waals surface area (Å²) < 4.78 is 37.5. The van der Waals surface area contributed by atoms with Gasteiger partial charge in [0.1, 0.15) is 18.0 Å². The van der Waals surface area contributed by atoms with E-state index in [1.807, 2.05) is 18.2 Å². The van der Waals surface area contributed by atoms with Crippen LogP contribution in [0.25, 0.3) is 33.3 Å². The van der Waals surface area contributed by atoms with Gasteiger partial charge < -0.3 is 23.4 Å². The number of halogens is 1. The first-order valence-corrected chi connectivity index (χ1v) is 14.4. The van der Waals surface area contributed by atoms with Crippen molar-refractivity contribution in [3.63, 3.8) is 0 Å². The van der Waals surface area contributed by atoms with Crippen molar-refractivity contribution in [1.29, 1.82) is 0 Å². The second kappa shape index (κ2) is 9.56. The summed E-state index contributed by atoms with van der Waals surface area (Å²) >= 11 is 0. The molecule has 2 heterocycles. The fraction of sp³-hybridized carbons (Fsp3) is 0.385. The lowest BCUT2D eigenvalue weighted by Crippen LogP contribution is -2.40. The molecular weight excluding hydrogens is 467 g/mol. The van der Waals surface area contributed by atoms with Crippen LogP contribution in [0.1, 0.15) is 26.3 Å². The molecule has 2 aromatic carbocycles. The minimum atomic E-state index is -1.98. The van der Waals surface area contributed by atoms with E-state index in [-0.39, 0.29) is 24.0 Å². The Morgan fingerprint density at radius 2 is 1.89 bits per heavy atom. The number of furan rings is 1. The van der Waals surface area contributed by atoms with Gasteiger partial charge >= 0.3 is 0 Å². The van der Waals surface area contributed by atoms with Gasteiger partial charge in [0, 0.05) is 17.0 Å². The Bertz CT molecular complexity index is 1360. The molecule has 0 unspecified atom stereocenters. The maximum Gasteiger partial charge on any atom is 0.232 e. The Balaban J connectivity index is 1.80. The van der Waals surface area contributed by atoms with Crippen LogP contribution < -0.4 is 9.47 Å². The number of nitrogens with zero attached hydrogens (tertiary/aromatic N) is 2. The number of rotatable bonds is 8. The predicted molar refractivity (Wildman–Crippen MR) is 136 cm³/mol. The highest BCUT2D eigenvalue weighted by atomic mass is 28.4. The number of methoxy groups -OCH3 is 1. The van der Waals surface area contributed by atoms with E-state index in [0.29, 0.717) is 40.2 Å². The normalized spacial score (nSPS) is 12.5. The zero-order valence-electron chi connectivity index (χ0n) is 20.9. The average molecular weight is 499 g/mol. The zero-order chi connectivity index (χ0) is 25.4. The van der Waals surface area contributed by atoms with Crippen molar-refractivity contribution in [1.82, 2.24) is 9.97 Å². The first-order valence-electron chi connectivity index (χ1n) is 11.5. The summed E-state index contributed by atoms with van der Waals surface area (Å²) in [4.78, 5) is 9.13. The van der Waals surface area contributed by atoms with Crippen molar-refractivity contribution >= 4 is 30.3 Å². The number of benzene rings is 2. The van der Waals surface area contributed by atoms with Crippen LogP contribution in [0.4, 0.5) is 4.39 Å². The molecule has 186 valence electrons. The van der Waals surface area contributed by atoms with Gasteiger partial charge in [-0.3, -0.25) is 0 Å². The van der Waals surface area contributed by atoms with Crippen molar-refractivity contribution in [3.8, 4) is 23.0 Å². The Morgan fingerprint density at radius 1 is 1.11 bits per heavy atom. The van der Waals surface area contributed by atoms with Gasteiger partial charge in [0.15, 0.2) is 19.9 Å². The van der Waals surface area contributed by atoms with Gasteiger partial charge in [-0.15, -0.1) is 0 Å². The fourth-order valence-corrected chi connectivity index (χ4v) is 4.42. The van der Waals surface area contributed by atoms with Crippen molar-refractivity contribution in [2.45, 2.75) is 45.5 Å². The standard InChI is InChI=1S/C26H31FN2O5Si/c1-26(2,3)35(5,6)33-15-16-9-18(25-20(10-16)29-24(31-4)14-28-25)22-11-17-12-23(32-8-7-30)19(27)13-21(17)34-22/h9-14,30H,7-8,15H2,1-6H3. The molecule has 0 saturated carbocycles. The number of aliphatic hydroxyl groups excluding tert-OH is 1. The molecule has 0 aliphatic carbocycles. The molecular formula is C26H31FN2O5Si. The molecule has 1 N–H and O–H groups in total. The van der Waals surface area contributed by atoms with E-state index in [0.717, 1.165) is 11.1 Å². The Labute approximate surface area is 205 Å². The third-order valence-corrected chi connectivity index (χ3v) is 11.0. The number of ether oxygens (including phenoxy) is 2.